The lowest BCUT2D eigenvalue weighted by molar-refractivity contribution is 0.0541. The van der Waals surface area contributed by atoms with Crippen LogP contribution >= 0.6 is 10.8 Å². The fourth-order valence-corrected chi connectivity index (χ4v) is 5.62. The van der Waals surface area contributed by atoms with Gasteiger partial charge in [-0.05, 0) is 42.5 Å². The number of aromatic nitrogens is 2. The number of benzene rings is 2. The van der Waals surface area contributed by atoms with Gasteiger partial charge in [-0.1, -0.05) is 24.3 Å². The van der Waals surface area contributed by atoms with Crippen molar-refractivity contribution in [3.8, 4) is 0 Å². The topological polar surface area (TPSA) is 119 Å². The molecule has 4 aromatic rings. The Morgan fingerprint density at radius 2 is 1.84 bits per heavy atom. The van der Waals surface area contributed by atoms with E-state index in [0.29, 0.717) is 29.2 Å². The molecule has 1 saturated heterocycles. The maximum atomic E-state index is 15.1. The number of halogens is 1. The number of rotatable bonds is 7. The van der Waals surface area contributed by atoms with Crippen LogP contribution in [0.4, 0.5) is 10.1 Å². The molecule has 1 aliphatic heterocycles. The Morgan fingerprint density at radius 3 is 2.57 bits per heavy atom. The molecule has 1 aliphatic rings. The second-order valence-corrected chi connectivity index (χ2v) is 10.5. The van der Waals surface area contributed by atoms with Gasteiger partial charge in [0.2, 0.25) is 0 Å². The van der Waals surface area contributed by atoms with Crippen LogP contribution in [0.15, 0.2) is 84.0 Å². The van der Waals surface area contributed by atoms with Crippen LogP contribution in [0.25, 0.3) is 10.9 Å². The van der Waals surface area contributed by atoms with E-state index < -0.39 is 16.6 Å². The maximum absolute atomic E-state index is 15.1. The number of carbonyl (C=O) groups excluding carboxylic acids is 2. The Labute approximate surface area is 214 Å². The molecule has 0 bridgehead atoms. The van der Waals surface area contributed by atoms with Gasteiger partial charge in [0.15, 0.2) is 4.90 Å². The number of nitrogens with one attached hydrogen (secondary N) is 2. The second-order valence-electron chi connectivity index (χ2n) is 8.45. The van der Waals surface area contributed by atoms with E-state index in [0.717, 1.165) is 11.5 Å². The van der Waals surface area contributed by atoms with Crippen LogP contribution in [0.2, 0.25) is 0 Å². The van der Waals surface area contributed by atoms with Crippen molar-refractivity contribution in [1.29, 1.82) is 0 Å². The number of likely N-dealkylation sites (tertiary alicyclic amines) is 1. The zero-order valence-electron chi connectivity index (χ0n) is 19.8. The lowest BCUT2D eigenvalue weighted by Gasteiger charge is -2.39. The number of anilines is 1. The SMILES string of the molecule is COS([OH2+])(Nc1ccc(C(=O)N2CC(NC(=O)c3ccccn3)C2)cc1F)c1cccc2cccnc12. The van der Waals surface area contributed by atoms with E-state index in [4.69, 9.17) is 8.74 Å². The largest absolute Gasteiger partial charge is 0.344 e. The molecule has 0 radical (unpaired) electrons. The first kappa shape index (κ1) is 24.6. The molecule has 2 aromatic carbocycles. The van der Waals surface area contributed by atoms with Crippen molar-refractivity contribution < 1.29 is 22.7 Å². The molecule has 1 atom stereocenters. The van der Waals surface area contributed by atoms with Crippen molar-refractivity contribution in [2.24, 2.45) is 0 Å². The van der Waals surface area contributed by atoms with Gasteiger partial charge in [-0.2, -0.15) is 0 Å². The fraction of sp³-hybridized carbons (Fsp3) is 0.154. The van der Waals surface area contributed by atoms with Gasteiger partial charge in [-0.15, -0.1) is 0 Å². The maximum Gasteiger partial charge on any atom is 0.270 e. The number of pyridine rings is 2. The molecule has 190 valence electrons. The van der Waals surface area contributed by atoms with Gasteiger partial charge in [0.25, 0.3) is 11.8 Å². The minimum atomic E-state index is -2.89. The molecule has 0 spiro atoms. The van der Waals surface area contributed by atoms with E-state index in [-0.39, 0.29) is 29.1 Å². The lowest BCUT2D eigenvalue weighted by atomic mass is 10.1. The lowest BCUT2D eigenvalue weighted by Crippen LogP contribution is -2.61. The quantitative estimate of drug-likeness (QED) is 0.359. The molecule has 1 unspecified atom stereocenters. The normalized spacial score (nSPS) is 15.9. The molecule has 2 aromatic heterocycles. The first-order chi connectivity index (χ1) is 17.9. The summed E-state index contributed by atoms with van der Waals surface area (Å²) in [5.41, 5.74) is 1.12. The zero-order valence-corrected chi connectivity index (χ0v) is 20.7. The van der Waals surface area contributed by atoms with Crippen LogP contribution < -0.4 is 10.0 Å². The summed E-state index contributed by atoms with van der Waals surface area (Å²) in [7, 11) is -1.50. The highest BCUT2D eigenvalue weighted by Gasteiger charge is 2.33. The van der Waals surface area contributed by atoms with Gasteiger partial charge in [-0.25, -0.2) is 13.3 Å². The Balaban J connectivity index is 1.26. The van der Waals surface area contributed by atoms with Gasteiger partial charge in [0.05, 0.1) is 24.4 Å². The standard InChI is InChI=1S/C26H24FN5O4S/c1-36-37(35,23-9-4-6-17-7-5-13-29-24(17)23)31-21-11-10-18(14-20(21)27)26(34)32-15-19(16-32)30-25(33)22-8-2-3-12-28-22/h2-14,19,31,35H,15-16H2,1H3,(H,30,33)/p+1. The summed E-state index contributed by atoms with van der Waals surface area (Å²) >= 11 is 0. The number of para-hydroxylation sites is 1. The highest BCUT2D eigenvalue weighted by atomic mass is 32.3. The summed E-state index contributed by atoms with van der Waals surface area (Å²) in [6.07, 6.45) is 3.17. The van der Waals surface area contributed by atoms with Crippen LogP contribution in [0.5, 0.6) is 0 Å². The third-order valence-electron chi connectivity index (χ3n) is 6.03. The molecular weight excluding hydrogens is 497 g/mol. The molecule has 9 nitrogen and oxygen atoms in total. The Bertz CT molecular complexity index is 1460. The molecule has 0 aliphatic carbocycles. The zero-order chi connectivity index (χ0) is 26.0. The Morgan fingerprint density at radius 1 is 1.05 bits per heavy atom. The molecule has 11 heteroatoms. The first-order valence-corrected chi connectivity index (χ1v) is 13.0. The van der Waals surface area contributed by atoms with E-state index in [9.17, 15) is 9.59 Å². The molecule has 4 N–H and O–H groups in total. The van der Waals surface area contributed by atoms with Crippen molar-refractivity contribution in [3.63, 3.8) is 0 Å². The molecule has 5 rings (SSSR count). The van der Waals surface area contributed by atoms with Gasteiger partial charge < -0.3 is 14.8 Å². The molecule has 2 amide bonds. The Kier molecular flexibility index (Phi) is 6.74. The minimum absolute atomic E-state index is 0.0421. The average molecular weight is 523 g/mol. The van der Waals surface area contributed by atoms with E-state index in [1.807, 2.05) is 12.1 Å². The van der Waals surface area contributed by atoms with E-state index in [1.165, 1.54) is 30.3 Å². The predicted molar refractivity (Wildman–Crippen MR) is 140 cm³/mol. The number of hydrogen-bond donors (Lipinski definition) is 2. The monoisotopic (exact) mass is 522 g/mol. The molecule has 3 heterocycles. The first-order valence-electron chi connectivity index (χ1n) is 11.4. The Hall–Kier alpha value is -4.06. The molecule has 0 saturated carbocycles. The molecular formula is C26H25FN5O4S+. The third kappa shape index (κ3) is 4.96. The van der Waals surface area contributed by atoms with Crippen molar-refractivity contribution in [3.05, 3.63) is 96.2 Å². The summed E-state index contributed by atoms with van der Waals surface area (Å²) < 4.78 is 32.4. The van der Waals surface area contributed by atoms with Crippen LogP contribution in [0.1, 0.15) is 20.8 Å². The average Bonchev–Trinajstić information content (AvgIpc) is 2.91. The van der Waals surface area contributed by atoms with Gasteiger partial charge in [0, 0.05) is 47.2 Å². The highest BCUT2D eigenvalue weighted by Crippen LogP contribution is 2.54. The third-order valence-corrected chi connectivity index (χ3v) is 7.98. The summed E-state index contributed by atoms with van der Waals surface area (Å²) in [4.78, 5) is 35.5. The van der Waals surface area contributed by atoms with Gasteiger partial charge in [0.1, 0.15) is 11.5 Å². The number of nitrogens with zero attached hydrogens (tertiary/aromatic N) is 3. The molecule has 1 fully saturated rings. The van der Waals surface area contributed by atoms with Crippen molar-refractivity contribution >= 4 is 39.2 Å². The minimum Gasteiger partial charge on any atom is -0.344 e. The summed E-state index contributed by atoms with van der Waals surface area (Å²) in [5, 5.41) is 3.67. The second kappa shape index (κ2) is 10.1. The van der Waals surface area contributed by atoms with E-state index >= 15 is 4.39 Å². The predicted octanol–water partition coefficient (Wildman–Crippen LogP) is 3.41. The van der Waals surface area contributed by atoms with Crippen LogP contribution in [-0.4, -0.2) is 57.5 Å². The number of amides is 2. The van der Waals surface area contributed by atoms with Crippen molar-refractivity contribution in [1.82, 2.24) is 20.2 Å². The highest BCUT2D eigenvalue weighted by molar-refractivity contribution is 8.26. The van der Waals surface area contributed by atoms with E-state index in [2.05, 4.69) is 20.0 Å². The van der Waals surface area contributed by atoms with Crippen LogP contribution in [0.3, 0.4) is 0 Å². The summed E-state index contributed by atoms with van der Waals surface area (Å²) in [5.74, 6) is -1.33. The number of hydrogen-bond acceptors (Lipinski definition) is 6. The van der Waals surface area contributed by atoms with Crippen LogP contribution in [0, 0.1) is 5.82 Å². The van der Waals surface area contributed by atoms with Crippen molar-refractivity contribution in [2.75, 3.05) is 24.9 Å². The number of carbonyl (C=O) groups is 2. The molecule has 37 heavy (non-hydrogen) atoms. The van der Waals surface area contributed by atoms with E-state index in [1.54, 1.807) is 42.6 Å². The van der Waals surface area contributed by atoms with Crippen LogP contribution in [-0.2, 0) is 4.18 Å². The smallest absolute Gasteiger partial charge is 0.270 e. The van der Waals surface area contributed by atoms with Crippen molar-refractivity contribution in [2.45, 2.75) is 10.9 Å². The summed E-state index contributed by atoms with van der Waals surface area (Å²) in [6, 6.07) is 18.0. The number of fused-ring (bicyclic) bond motifs is 1. The summed E-state index contributed by atoms with van der Waals surface area (Å²) in [6.45, 7) is 0.632. The van der Waals surface area contributed by atoms with Gasteiger partial charge in [-0.3, -0.25) is 19.6 Å². The fourth-order valence-electron chi connectivity index (χ4n) is 4.06. The van der Waals surface area contributed by atoms with Gasteiger partial charge >= 0.3 is 0 Å².